The third kappa shape index (κ3) is 6.94. The van der Waals surface area contributed by atoms with Gasteiger partial charge in [-0.05, 0) is 39.6 Å². The molecule has 0 amide bonds. The van der Waals surface area contributed by atoms with Crippen molar-refractivity contribution in [2.75, 3.05) is 6.61 Å². The van der Waals surface area contributed by atoms with Crippen molar-refractivity contribution in [3.8, 4) is 0 Å². The molecule has 1 aromatic carbocycles. The summed E-state index contributed by atoms with van der Waals surface area (Å²) in [5, 5.41) is 3.16. The van der Waals surface area contributed by atoms with Gasteiger partial charge < -0.3 is 5.11 Å². The van der Waals surface area contributed by atoms with Gasteiger partial charge in [0.05, 0.1) is 0 Å². The van der Waals surface area contributed by atoms with E-state index in [0.717, 1.165) is 0 Å². The van der Waals surface area contributed by atoms with Gasteiger partial charge >= 0.3 is 15.4 Å². The maximum absolute atomic E-state index is 12.2. The summed E-state index contributed by atoms with van der Waals surface area (Å²) < 4.78 is 65.5. The van der Waals surface area contributed by atoms with Gasteiger partial charge in [-0.2, -0.15) is 17.2 Å². The average Bonchev–Trinajstić information content (AvgIpc) is 2.37. The zero-order valence-corrected chi connectivity index (χ0v) is 15.9. The number of halogens is 4. The van der Waals surface area contributed by atoms with Crippen molar-refractivity contribution in [3.05, 3.63) is 33.4 Å². The third-order valence-corrected chi connectivity index (χ3v) is 4.66. The minimum absolute atomic E-state index is 0.276. The molecular formula is C14H20F3IO4S. The van der Waals surface area contributed by atoms with Crippen LogP contribution in [0.2, 0.25) is 0 Å². The van der Waals surface area contributed by atoms with Crippen LogP contribution in [0.15, 0.2) is 24.3 Å². The van der Waals surface area contributed by atoms with Crippen molar-refractivity contribution >= 4 is 32.7 Å². The summed E-state index contributed by atoms with van der Waals surface area (Å²) in [7, 11) is -5.74. The van der Waals surface area contributed by atoms with E-state index in [1.807, 2.05) is 0 Å². The van der Waals surface area contributed by atoms with E-state index in [4.69, 9.17) is 9.66 Å². The second-order valence-corrected chi connectivity index (χ2v) is 8.40. The molecule has 1 aromatic rings. The van der Waals surface area contributed by atoms with E-state index in [-0.39, 0.29) is 5.41 Å². The Labute approximate surface area is 148 Å². The molecule has 0 fully saturated rings. The molecular weight excluding hydrogens is 448 g/mol. The predicted octanol–water partition coefficient (Wildman–Crippen LogP) is 3.78. The Morgan fingerprint density at radius 3 is 2.00 bits per heavy atom. The average molecular weight is 468 g/mol. The van der Waals surface area contributed by atoms with Gasteiger partial charge in [-0.15, -0.1) is 0 Å². The van der Waals surface area contributed by atoms with E-state index in [9.17, 15) is 21.6 Å². The minimum atomic E-state index is -5.74. The topological polar surface area (TPSA) is 74.6 Å². The standard InChI is InChI=1S/C10H13I.C4H7F3O4S/c1-10(2,3)8-6-4-5-7-9(8)11;5-3(1-2-8)4(6,7)12(9,10)11/h4-7H,1-3H3;3,8H,1-2H2,(H,9,10,11). The molecule has 1 atom stereocenters. The molecule has 0 aliphatic heterocycles. The molecule has 2 N–H and O–H groups in total. The van der Waals surface area contributed by atoms with E-state index >= 15 is 0 Å². The fraction of sp³-hybridized carbons (Fsp3) is 0.571. The molecule has 0 heterocycles. The first-order valence-corrected chi connectivity index (χ1v) is 9.11. The molecule has 23 heavy (non-hydrogen) atoms. The van der Waals surface area contributed by atoms with Gasteiger partial charge in [-0.25, -0.2) is 4.39 Å². The molecule has 4 nitrogen and oxygen atoms in total. The maximum atomic E-state index is 12.2. The Kier molecular flexibility index (Phi) is 8.49. The van der Waals surface area contributed by atoms with Crippen LogP contribution >= 0.6 is 22.6 Å². The summed E-state index contributed by atoms with van der Waals surface area (Å²) in [6, 6.07) is 8.53. The number of hydrogen-bond acceptors (Lipinski definition) is 3. The van der Waals surface area contributed by atoms with Crippen LogP contribution in [-0.4, -0.2) is 36.1 Å². The molecule has 0 saturated heterocycles. The van der Waals surface area contributed by atoms with Crippen LogP contribution in [0.25, 0.3) is 0 Å². The van der Waals surface area contributed by atoms with Crippen molar-refractivity contribution in [1.82, 2.24) is 0 Å². The fourth-order valence-electron chi connectivity index (χ4n) is 1.51. The largest absolute Gasteiger partial charge is 0.400 e. The second kappa shape index (κ2) is 8.63. The Bertz CT molecular complexity index is 600. The first-order chi connectivity index (χ1) is 10.2. The van der Waals surface area contributed by atoms with Gasteiger partial charge in [0.25, 0.3) is 0 Å². The smallest absolute Gasteiger partial charge is 0.396 e. The van der Waals surface area contributed by atoms with Crippen LogP contribution in [0.5, 0.6) is 0 Å². The Balaban J connectivity index is 0.000000422. The Morgan fingerprint density at radius 1 is 1.22 bits per heavy atom. The van der Waals surface area contributed by atoms with Gasteiger partial charge in [-0.1, -0.05) is 39.0 Å². The molecule has 1 unspecified atom stereocenters. The summed E-state index contributed by atoms with van der Waals surface area (Å²) >= 11 is 2.39. The van der Waals surface area contributed by atoms with Gasteiger partial charge in [-0.3, -0.25) is 4.55 Å². The molecule has 0 radical (unpaired) electrons. The van der Waals surface area contributed by atoms with Crippen LogP contribution in [-0.2, 0) is 15.5 Å². The van der Waals surface area contributed by atoms with E-state index in [1.54, 1.807) is 0 Å². The minimum Gasteiger partial charge on any atom is -0.396 e. The predicted molar refractivity (Wildman–Crippen MR) is 91.0 cm³/mol. The lowest BCUT2D eigenvalue weighted by Crippen LogP contribution is -2.38. The summed E-state index contributed by atoms with van der Waals surface area (Å²) in [5.74, 6) is 0. The highest BCUT2D eigenvalue weighted by atomic mass is 127. The molecule has 0 aliphatic carbocycles. The first kappa shape index (κ1) is 22.6. The summed E-state index contributed by atoms with van der Waals surface area (Å²) in [6.45, 7) is 5.80. The van der Waals surface area contributed by atoms with Gasteiger partial charge in [0.1, 0.15) is 0 Å². The quantitative estimate of drug-likeness (QED) is 0.521. The molecule has 0 bridgehead atoms. The van der Waals surface area contributed by atoms with Crippen LogP contribution in [0.4, 0.5) is 13.2 Å². The van der Waals surface area contributed by atoms with Crippen LogP contribution < -0.4 is 0 Å². The van der Waals surface area contributed by atoms with Gasteiger partial charge in [0.2, 0.25) is 0 Å². The van der Waals surface area contributed by atoms with Crippen molar-refractivity contribution in [2.45, 2.75) is 44.0 Å². The second-order valence-electron chi connectivity index (χ2n) is 5.75. The number of alkyl halides is 3. The molecule has 134 valence electrons. The zero-order chi connectivity index (χ0) is 18.5. The SMILES string of the molecule is CC(C)(C)c1ccccc1I.O=S(=O)(O)C(F)(F)C(F)CCO. The van der Waals surface area contributed by atoms with E-state index < -0.39 is 34.6 Å². The Morgan fingerprint density at radius 2 is 1.70 bits per heavy atom. The van der Waals surface area contributed by atoms with Crippen molar-refractivity contribution in [3.63, 3.8) is 0 Å². The van der Waals surface area contributed by atoms with Crippen molar-refractivity contribution in [1.29, 1.82) is 0 Å². The van der Waals surface area contributed by atoms with Gasteiger partial charge in [0, 0.05) is 16.6 Å². The normalized spacial score (nSPS) is 14.0. The molecule has 0 aliphatic rings. The molecule has 0 spiro atoms. The summed E-state index contributed by atoms with van der Waals surface area (Å²) in [6.07, 6.45) is -4.15. The zero-order valence-electron chi connectivity index (χ0n) is 12.9. The highest BCUT2D eigenvalue weighted by molar-refractivity contribution is 14.1. The van der Waals surface area contributed by atoms with Crippen LogP contribution in [0.3, 0.4) is 0 Å². The Hall–Kier alpha value is -0.390. The molecule has 0 saturated carbocycles. The molecule has 1 rings (SSSR count). The van der Waals surface area contributed by atoms with Crippen LogP contribution in [0.1, 0.15) is 32.8 Å². The third-order valence-electron chi connectivity index (χ3n) is 2.77. The van der Waals surface area contributed by atoms with Crippen molar-refractivity contribution in [2.24, 2.45) is 0 Å². The maximum Gasteiger partial charge on any atom is 0.400 e. The lowest BCUT2D eigenvalue weighted by molar-refractivity contribution is -0.0124. The lowest BCUT2D eigenvalue weighted by atomic mass is 9.87. The summed E-state index contributed by atoms with van der Waals surface area (Å²) in [5.41, 5.74) is 1.71. The monoisotopic (exact) mass is 468 g/mol. The van der Waals surface area contributed by atoms with Crippen molar-refractivity contribution < 1.29 is 31.2 Å². The number of benzene rings is 1. The summed E-state index contributed by atoms with van der Waals surface area (Å²) in [4.78, 5) is 0. The molecule has 9 heteroatoms. The van der Waals surface area contributed by atoms with Crippen LogP contribution in [0, 0.1) is 3.57 Å². The highest BCUT2D eigenvalue weighted by Crippen LogP contribution is 2.29. The lowest BCUT2D eigenvalue weighted by Gasteiger charge is -2.20. The van der Waals surface area contributed by atoms with Gasteiger partial charge in [0.15, 0.2) is 6.17 Å². The number of hydrogen-bond donors (Lipinski definition) is 2. The van der Waals surface area contributed by atoms with E-state index in [1.165, 1.54) is 9.13 Å². The number of rotatable bonds is 4. The van der Waals surface area contributed by atoms with E-state index in [0.29, 0.717) is 0 Å². The highest BCUT2D eigenvalue weighted by Gasteiger charge is 2.52. The van der Waals surface area contributed by atoms with E-state index in [2.05, 4.69) is 67.6 Å². The fourth-order valence-corrected chi connectivity index (χ4v) is 3.15. The first-order valence-electron chi connectivity index (χ1n) is 6.60. The molecule has 0 aromatic heterocycles. The number of aliphatic hydroxyl groups is 1. The number of aliphatic hydroxyl groups excluding tert-OH is 1.